The van der Waals surface area contributed by atoms with Crippen LogP contribution in [0, 0.1) is 5.92 Å². The number of fused-ring (bicyclic) bond motifs is 1. The van der Waals surface area contributed by atoms with Crippen molar-refractivity contribution in [3.8, 4) is 0 Å². The molecule has 1 unspecified atom stereocenters. The van der Waals surface area contributed by atoms with E-state index >= 15 is 0 Å². The summed E-state index contributed by atoms with van der Waals surface area (Å²) in [5.74, 6) is 0.839. The Kier molecular flexibility index (Phi) is 4.02. The van der Waals surface area contributed by atoms with Gasteiger partial charge in [0.15, 0.2) is 5.13 Å². The van der Waals surface area contributed by atoms with Crippen LogP contribution in [0.2, 0.25) is 0 Å². The van der Waals surface area contributed by atoms with Crippen molar-refractivity contribution in [2.75, 3.05) is 5.32 Å². The first-order chi connectivity index (χ1) is 9.36. The fraction of sp³-hybridized carbons (Fsp3) is 0.562. The highest BCUT2D eigenvalue weighted by Gasteiger charge is 2.22. The van der Waals surface area contributed by atoms with Crippen LogP contribution in [0.5, 0.6) is 0 Å². The van der Waals surface area contributed by atoms with E-state index < -0.39 is 0 Å². The minimum atomic E-state index is 0.598. The van der Waals surface area contributed by atoms with Crippen molar-refractivity contribution in [2.45, 2.75) is 51.5 Å². The monoisotopic (exact) mass is 274 g/mol. The van der Waals surface area contributed by atoms with Crippen molar-refractivity contribution in [3.63, 3.8) is 0 Å². The second kappa shape index (κ2) is 5.91. The highest BCUT2D eigenvalue weighted by Crippen LogP contribution is 2.32. The van der Waals surface area contributed by atoms with Crippen LogP contribution in [-0.4, -0.2) is 11.0 Å². The lowest BCUT2D eigenvalue weighted by Gasteiger charge is -2.30. The number of rotatable bonds is 4. The van der Waals surface area contributed by atoms with E-state index in [9.17, 15) is 0 Å². The zero-order valence-corrected chi connectivity index (χ0v) is 12.4. The SMILES string of the molecule is CCC(Nc1nc2ccccc2s1)C1CCCCC1. The van der Waals surface area contributed by atoms with Crippen molar-refractivity contribution < 1.29 is 0 Å². The van der Waals surface area contributed by atoms with Gasteiger partial charge in [0.2, 0.25) is 0 Å². The Morgan fingerprint density at radius 3 is 2.79 bits per heavy atom. The number of benzene rings is 1. The molecule has 0 bridgehead atoms. The van der Waals surface area contributed by atoms with Crippen LogP contribution in [0.4, 0.5) is 5.13 Å². The molecule has 1 aromatic carbocycles. The Hall–Kier alpha value is -1.09. The first-order valence-corrected chi connectivity index (χ1v) is 8.30. The van der Waals surface area contributed by atoms with Crippen molar-refractivity contribution in [1.82, 2.24) is 4.98 Å². The van der Waals surface area contributed by atoms with Crippen LogP contribution in [-0.2, 0) is 0 Å². The van der Waals surface area contributed by atoms with Crippen LogP contribution in [0.25, 0.3) is 10.2 Å². The van der Waals surface area contributed by atoms with Gasteiger partial charge in [0.25, 0.3) is 0 Å². The number of nitrogens with one attached hydrogen (secondary N) is 1. The van der Waals surface area contributed by atoms with E-state index in [1.807, 2.05) is 0 Å². The summed E-state index contributed by atoms with van der Waals surface area (Å²) >= 11 is 1.78. The van der Waals surface area contributed by atoms with Crippen LogP contribution >= 0.6 is 11.3 Å². The Labute approximate surface area is 119 Å². The minimum absolute atomic E-state index is 0.598. The van der Waals surface area contributed by atoms with Gasteiger partial charge >= 0.3 is 0 Å². The minimum Gasteiger partial charge on any atom is -0.358 e. The lowest BCUT2D eigenvalue weighted by atomic mass is 9.83. The highest BCUT2D eigenvalue weighted by atomic mass is 32.1. The van der Waals surface area contributed by atoms with Crippen molar-refractivity contribution >= 4 is 26.7 Å². The topological polar surface area (TPSA) is 24.9 Å². The van der Waals surface area contributed by atoms with Gasteiger partial charge in [-0.1, -0.05) is 49.7 Å². The van der Waals surface area contributed by atoms with E-state index in [2.05, 4.69) is 36.5 Å². The molecule has 102 valence electrons. The maximum Gasteiger partial charge on any atom is 0.184 e. The van der Waals surface area contributed by atoms with Gasteiger partial charge in [0.05, 0.1) is 10.2 Å². The molecule has 1 N–H and O–H groups in total. The van der Waals surface area contributed by atoms with Crippen LogP contribution in [0.1, 0.15) is 45.4 Å². The molecular formula is C16H22N2S. The molecule has 0 aliphatic heterocycles. The van der Waals surface area contributed by atoms with Crippen molar-refractivity contribution in [3.05, 3.63) is 24.3 Å². The first kappa shape index (κ1) is 12.9. The smallest absolute Gasteiger partial charge is 0.184 e. The van der Waals surface area contributed by atoms with E-state index in [0.29, 0.717) is 6.04 Å². The van der Waals surface area contributed by atoms with Gasteiger partial charge in [0.1, 0.15) is 0 Å². The lowest BCUT2D eigenvalue weighted by Crippen LogP contribution is -2.29. The molecule has 1 aliphatic rings. The van der Waals surface area contributed by atoms with Crippen LogP contribution in [0.15, 0.2) is 24.3 Å². The molecule has 2 nitrogen and oxygen atoms in total. The molecule has 3 heteroatoms. The normalized spacial score (nSPS) is 18.6. The maximum atomic E-state index is 4.70. The fourth-order valence-corrected chi connectivity index (χ4v) is 4.11. The Morgan fingerprint density at radius 2 is 2.05 bits per heavy atom. The molecule has 2 aromatic rings. The van der Waals surface area contributed by atoms with Gasteiger partial charge in [0, 0.05) is 6.04 Å². The summed E-state index contributed by atoms with van der Waals surface area (Å²) in [4.78, 5) is 4.70. The third-order valence-corrected chi connectivity index (χ3v) is 5.23. The summed E-state index contributed by atoms with van der Waals surface area (Å²) in [7, 11) is 0. The number of hydrogen-bond donors (Lipinski definition) is 1. The third kappa shape index (κ3) is 2.92. The molecule has 0 saturated heterocycles. The van der Waals surface area contributed by atoms with Crippen molar-refractivity contribution in [2.24, 2.45) is 5.92 Å². The molecule has 19 heavy (non-hydrogen) atoms. The van der Waals surface area contributed by atoms with Gasteiger partial charge in [-0.15, -0.1) is 0 Å². The van der Waals surface area contributed by atoms with E-state index in [-0.39, 0.29) is 0 Å². The van der Waals surface area contributed by atoms with Gasteiger partial charge in [-0.05, 0) is 37.3 Å². The summed E-state index contributed by atoms with van der Waals surface area (Å²) in [5.41, 5.74) is 1.12. The van der Waals surface area contributed by atoms with E-state index in [1.54, 1.807) is 11.3 Å². The molecule has 0 radical (unpaired) electrons. The zero-order valence-electron chi connectivity index (χ0n) is 11.6. The molecule has 1 heterocycles. The average Bonchev–Trinajstić information content (AvgIpc) is 2.88. The number of aromatic nitrogens is 1. The molecule has 3 rings (SSSR count). The molecule has 0 amide bonds. The number of anilines is 1. The average molecular weight is 274 g/mol. The van der Waals surface area contributed by atoms with Gasteiger partial charge in [-0.2, -0.15) is 0 Å². The molecule has 1 saturated carbocycles. The summed E-state index contributed by atoms with van der Waals surface area (Å²) in [6, 6.07) is 8.99. The van der Waals surface area contributed by atoms with Gasteiger partial charge in [-0.25, -0.2) is 4.98 Å². The number of para-hydroxylation sites is 1. The molecule has 1 atom stereocenters. The molecule has 1 fully saturated rings. The highest BCUT2D eigenvalue weighted by molar-refractivity contribution is 7.22. The van der Waals surface area contributed by atoms with Crippen molar-refractivity contribution in [1.29, 1.82) is 0 Å². The van der Waals surface area contributed by atoms with Crippen LogP contribution in [0.3, 0.4) is 0 Å². The van der Waals surface area contributed by atoms with Gasteiger partial charge in [-0.3, -0.25) is 0 Å². The molecule has 1 aromatic heterocycles. The predicted molar refractivity (Wildman–Crippen MR) is 83.9 cm³/mol. The lowest BCUT2D eigenvalue weighted by molar-refractivity contribution is 0.313. The van der Waals surface area contributed by atoms with E-state index in [1.165, 1.54) is 43.2 Å². The zero-order chi connectivity index (χ0) is 13.1. The quantitative estimate of drug-likeness (QED) is 0.842. The van der Waals surface area contributed by atoms with Crippen LogP contribution < -0.4 is 5.32 Å². The fourth-order valence-electron chi connectivity index (χ4n) is 3.18. The number of nitrogens with zero attached hydrogens (tertiary/aromatic N) is 1. The van der Waals surface area contributed by atoms with E-state index in [0.717, 1.165) is 16.6 Å². The molecule has 1 aliphatic carbocycles. The van der Waals surface area contributed by atoms with E-state index in [4.69, 9.17) is 4.98 Å². The number of hydrogen-bond acceptors (Lipinski definition) is 3. The molecular weight excluding hydrogens is 252 g/mol. The standard InChI is InChI=1S/C16H22N2S/c1-2-13(12-8-4-3-5-9-12)17-16-18-14-10-6-7-11-15(14)19-16/h6-7,10-13H,2-5,8-9H2,1H3,(H,17,18). The summed E-state index contributed by atoms with van der Waals surface area (Å²) in [6.45, 7) is 2.29. The first-order valence-electron chi connectivity index (χ1n) is 7.49. The Bertz CT molecular complexity index is 495. The summed E-state index contributed by atoms with van der Waals surface area (Å²) in [6.07, 6.45) is 8.20. The van der Waals surface area contributed by atoms with Gasteiger partial charge < -0.3 is 5.32 Å². The second-order valence-corrected chi connectivity index (χ2v) is 6.57. The summed E-state index contributed by atoms with van der Waals surface area (Å²) < 4.78 is 1.28. The Balaban J connectivity index is 1.74. The predicted octanol–water partition coefficient (Wildman–Crippen LogP) is 5.07. The number of thiazole rings is 1. The largest absolute Gasteiger partial charge is 0.358 e. The second-order valence-electron chi connectivity index (χ2n) is 5.54. The Morgan fingerprint density at radius 1 is 1.26 bits per heavy atom. The molecule has 0 spiro atoms. The summed E-state index contributed by atoms with van der Waals surface area (Å²) in [5, 5.41) is 4.79. The maximum absolute atomic E-state index is 4.70. The third-order valence-electron chi connectivity index (χ3n) is 4.26.